The molecule has 0 amide bonds. The predicted octanol–water partition coefficient (Wildman–Crippen LogP) is 1.49. The summed E-state index contributed by atoms with van der Waals surface area (Å²) >= 11 is 0. The van der Waals surface area contributed by atoms with Crippen LogP contribution < -0.4 is 0 Å². The lowest BCUT2D eigenvalue weighted by Crippen LogP contribution is -2.53. The minimum Gasteiger partial charge on any atom is -0.390 e. The van der Waals surface area contributed by atoms with Gasteiger partial charge in [0.05, 0.1) is 12.2 Å². The monoisotopic (exact) mass is 228 g/mol. The number of aliphatic hydroxyl groups excluding tert-OH is 1. The first-order valence-corrected chi connectivity index (χ1v) is 4.83. The summed E-state index contributed by atoms with van der Waals surface area (Å²) < 4.78 is 45.4. The van der Waals surface area contributed by atoms with Gasteiger partial charge in [0.25, 0.3) is 0 Å². The molecule has 1 fully saturated rings. The van der Waals surface area contributed by atoms with Crippen LogP contribution >= 0.6 is 0 Å². The smallest absolute Gasteiger partial charge is 0.389 e. The Bertz CT molecular complexity index is 196. The van der Waals surface area contributed by atoms with Crippen molar-refractivity contribution in [1.29, 1.82) is 0 Å². The van der Waals surface area contributed by atoms with E-state index in [4.69, 9.17) is 9.47 Å². The van der Waals surface area contributed by atoms with E-state index in [-0.39, 0.29) is 19.1 Å². The van der Waals surface area contributed by atoms with Crippen molar-refractivity contribution in [3.63, 3.8) is 0 Å². The van der Waals surface area contributed by atoms with Gasteiger partial charge in [-0.3, -0.25) is 0 Å². The third-order valence-electron chi connectivity index (χ3n) is 2.43. The molecule has 0 aromatic heterocycles. The van der Waals surface area contributed by atoms with Crippen LogP contribution in [-0.2, 0) is 9.47 Å². The first kappa shape index (κ1) is 12.7. The highest BCUT2D eigenvalue weighted by Crippen LogP contribution is 2.27. The van der Waals surface area contributed by atoms with Crippen molar-refractivity contribution in [1.82, 2.24) is 0 Å². The van der Waals surface area contributed by atoms with Gasteiger partial charge < -0.3 is 14.6 Å². The second-order valence-corrected chi connectivity index (χ2v) is 3.63. The first-order valence-electron chi connectivity index (χ1n) is 4.83. The Balaban J connectivity index is 2.06. The van der Waals surface area contributed by atoms with E-state index in [0.29, 0.717) is 6.42 Å². The van der Waals surface area contributed by atoms with E-state index >= 15 is 0 Å². The Labute approximate surface area is 86.2 Å². The standard InChI is InChI=1S/C9H15F3O3/c1-14-8-6(13)5-7(8)15-4-2-3-9(10,11)12/h6-8,13H,2-5H2,1H3. The molecule has 1 aliphatic carbocycles. The fourth-order valence-electron chi connectivity index (χ4n) is 1.54. The molecular formula is C9H15F3O3. The number of hydrogen-bond acceptors (Lipinski definition) is 3. The number of rotatable bonds is 5. The van der Waals surface area contributed by atoms with Crippen molar-refractivity contribution in [2.75, 3.05) is 13.7 Å². The molecule has 0 aliphatic heterocycles. The number of methoxy groups -OCH3 is 1. The van der Waals surface area contributed by atoms with Crippen molar-refractivity contribution in [3.05, 3.63) is 0 Å². The highest BCUT2D eigenvalue weighted by molar-refractivity contribution is 4.91. The van der Waals surface area contributed by atoms with Crippen molar-refractivity contribution >= 4 is 0 Å². The Morgan fingerprint density at radius 3 is 2.53 bits per heavy atom. The number of aliphatic hydroxyl groups is 1. The lowest BCUT2D eigenvalue weighted by molar-refractivity contribution is -0.186. The minimum absolute atomic E-state index is 0.0491. The van der Waals surface area contributed by atoms with Crippen LogP contribution in [0, 0.1) is 0 Å². The van der Waals surface area contributed by atoms with E-state index in [1.165, 1.54) is 7.11 Å². The highest BCUT2D eigenvalue weighted by atomic mass is 19.4. The zero-order valence-corrected chi connectivity index (χ0v) is 8.46. The van der Waals surface area contributed by atoms with Gasteiger partial charge in [0.2, 0.25) is 0 Å². The fraction of sp³-hybridized carbons (Fsp3) is 1.00. The molecule has 15 heavy (non-hydrogen) atoms. The van der Waals surface area contributed by atoms with E-state index in [1.54, 1.807) is 0 Å². The molecule has 0 spiro atoms. The lowest BCUT2D eigenvalue weighted by Gasteiger charge is -2.39. The molecule has 90 valence electrons. The van der Waals surface area contributed by atoms with Gasteiger partial charge in [0.15, 0.2) is 0 Å². The van der Waals surface area contributed by atoms with Gasteiger partial charge in [-0.05, 0) is 6.42 Å². The summed E-state index contributed by atoms with van der Waals surface area (Å²) in [5.41, 5.74) is 0. The molecule has 6 heteroatoms. The van der Waals surface area contributed by atoms with Gasteiger partial charge in [0, 0.05) is 26.6 Å². The maximum atomic E-state index is 11.8. The Morgan fingerprint density at radius 2 is 2.07 bits per heavy atom. The highest BCUT2D eigenvalue weighted by Gasteiger charge is 2.41. The molecule has 3 unspecified atom stereocenters. The summed E-state index contributed by atoms with van der Waals surface area (Å²) in [7, 11) is 1.44. The molecule has 1 saturated carbocycles. The average molecular weight is 228 g/mol. The summed E-state index contributed by atoms with van der Waals surface area (Å²) in [4.78, 5) is 0. The Morgan fingerprint density at radius 1 is 1.40 bits per heavy atom. The minimum atomic E-state index is -4.12. The SMILES string of the molecule is COC1C(O)CC1OCCCC(F)(F)F. The van der Waals surface area contributed by atoms with E-state index in [0.717, 1.165) is 0 Å². The summed E-state index contributed by atoms with van der Waals surface area (Å²) in [5, 5.41) is 9.18. The van der Waals surface area contributed by atoms with Crippen molar-refractivity contribution in [3.8, 4) is 0 Å². The van der Waals surface area contributed by atoms with Crippen LogP contribution in [0.15, 0.2) is 0 Å². The molecule has 0 aromatic carbocycles. The van der Waals surface area contributed by atoms with Crippen LogP contribution in [0.5, 0.6) is 0 Å². The van der Waals surface area contributed by atoms with Gasteiger partial charge in [-0.2, -0.15) is 13.2 Å². The largest absolute Gasteiger partial charge is 0.390 e. The topological polar surface area (TPSA) is 38.7 Å². The van der Waals surface area contributed by atoms with Crippen LogP contribution in [0.25, 0.3) is 0 Å². The molecule has 1 N–H and O–H groups in total. The number of halogens is 3. The molecule has 3 atom stereocenters. The van der Waals surface area contributed by atoms with Crippen LogP contribution in [-0.4, -0.2) is 43.3 Å². The molecule has 0 heterocycles. The van der Waals surface area contributed by atoms with Crippen LogP contribution in [0.4, 0.5) is 13.2 Å². The lowest BCUT2D eigenvalue weighted by atomic mass is 9.88. The van der Waals surface area contributed by atoms with Crippen LogP contribution in [0.3, 0.4) is 0 Å². The quantitative estimate of drug-likeness (QED) is 0.724. The van der Waals surface area contributed by atoms with Gasteiger partial charge in [-0.25, -0.2) is 0 Å². The second-order valence-electron chi connectivity index (χ2n) is 3.63. The molecular weight excluding hydrogens is 213 g/mol. The van der Waals surface area contributed by atoms with E-state index < -0.39 is 24.8 Å². The van der Waals surface area contributed by atoms with Gasteiger partial charge in [-0.15, -0.1) is 0 Å². The maximum Gasteiger partial charge on any atom is 0.389 e. The molecule has 0 bridgehead atoms. The summed E-state index contributed by atoms with van der Waals surface area (Å²) in [6.07, 6.45) is -5.78. The molecule has 3 nitrogen and oxygen atoms in total. The van der Waals surface area contributed by atoms with Gasteiger partial charge >= 0.3 is 6.18 Å². The van der Waals surface area contributed by atoms with Crippen LogP contribution in [0.2, 0.25) is 0 Å². The zero-order chi connectivity index (χ0) is 11.5. The third-order valence-corrected chi connectivity index (χ3v) is 2.43. The van der Waals surface area contributed by atoms with E-state index in [9.17, 15) is 18.3 Å². The number of ether oxygens (including phenoxy) is 2. The Hall–Kier alpha value is -0.330. The molecule has 1 rings (SSSR count). The van der Waals surface area contributed by atoms with Crippen molar-refractivity contribution in [2.45, 2.75) is 43.8 Å². The third kappa shape index (κ3) is 3.96. The fourth-order valence-corrected chi connectivity index (χ4v) is 1.54. The van der Waals surface area contributed by atoms with Crippen molar-refractivity contribution in [2.24, 2.45) is 0 Å². The molecule has 0 radical (unpaired) electrons. The van der Waals surface area contributed by atoms with E-state index in [2.05, 4.69) is 0 Å². The van der Waals surface area contributed by atoms with Crippen molar-refractivity contribution < 1.29 is 27.8 Å². The second kappa shape index (κ2) is 5.14. The maximum absolute atomic E-state index is 11.8. The Kier molecular flexibility index (Phi) is 4.36. The van der Waals surface area contributed by atoms with Gasteiger partial charge in [-0.1, -0.05) is 0 Å². The van der Waals surface area contributed by atoms with Gasteiger partial charge in [0.1, 0.15) is 6.10 Å². The zero-order valence-electron chi connectivity index (χ0n) is 8.46. The van der Waals surface area contributed by atoms with E-state index in [1.807, 2.05) is 0 Å². The summed E-state index contributed by atoms with van der Waals surface area (Å²) in [6, 6.07) is 0. The molecule has 0 aromatic rings. The average Bonchev–Trinajstić information content (AvgIpc) is 2.09. The summed E-state index contributed by atoms with van der Waals surface area (Å²) in [5.74, 6) is 0. The molecule has 1 aliphatic rings. The van der Waals surface area contributed by atoms with Crippen LogP contribution in [0.1, 0.15) is 19.3 Å². The first-order chi connectivity index (χ1) is 6.94. The number of hydrogen-bond donors (Lipinski definition) is 1. The number of alkyl halides is 3. The summed E-state index contributed by atoms with van der Waals surface area (Å²) in [6.45, 7) is 0.0523. The predicted molar refractivity (Wildman–Crippen MR) is 46.4 cm³/mol. The molecule has 0 saturated heterocycles. The normalized spacial score (nSPS) is 31.4.